The minimum absolute atomic E-state index is 0.455. The first kappa shape index (κ1) is 23.5. The molecule has 2 heterocycles. The maximum atomic E-state index is 5.97. The molecule has 1 aliphatic rings. The smallest absolute Gasteiger partial charge is 0.127 e. The van der Waals surface area contributed by atoms with Gasteiger partial charge in [0.2, 0.25) is 0 Å². The van der Waals surface area contributed by atoms with Crippen molar-refractivity contribution in [3.05, 3.63) is 82.0 Å². The van der Waals surface area contributed by atoms with E-state index in [2.05, 4.69) is 81.1 Å². The summed E-state index contributed by atoms with van der Waals surface area (Å²) in [6, 6.07) is 18.2. The largest absolute Gasteiger partial charge is 0.496 e. The number of benzene rings is 2. The van der Waals surface area contributed by atoms with E-state index in [1.165, 1.54) is 46.2 Å². The molecule has 0 aliphatic carbocycles. The summed E-state index contributed by atoms with van der Waals surface area (Å²) in [5.41, 5.74) is 10.3. The summed E-state index contributed by atoms with van der Waals surface area (Å²) < 4.78 is 5.97. The Morgan fingerprint density at radius 3 is 2.39 bits per heavy atom. The van der Waals surface area contributed by atoms with E-state index in [0.717, 1.165) is 49.5 Å². The SMILES string of the molecule is CCCC1c2ccccc2CCN1Cc1c(OC)cc(-c2c(CC)cccc2CC)nc1C. The van der Waals surface area contributed by atoms with Crippen LogP contribution in [0.3, 0.4) is 0 Å². The Hall–Kier alpha value is -2.65. The van der Waals surface area contributed by atoms with Gasteiger partial charge in [-0.25, -0.2) is 0 Å². The van der Waals surface area contributed by atoms with Gasteiger partial charge in [-0.2, -0.15) is 0 Å². The van der Waals surface area contributed by atoms with Crippen LogP contribution in [0.15, 0.2) is 48.5 Å². The lowest BCUT2D eigenvalue weighted by molar-refractivity contribution is 0.163. The quantitative estimate of drug-likeness (QED) is 0.372. The van der Waals surface area contributed by atoms with Crippen molar-refractivity contribution in [1.82, 2.24) is 9.88 Å². The van der Waals surface area contributed by atoms with Crippen LogP contribution >= 0.6 is 0 Å². The maximum Gasteiger partial charge on any atom is 0.127 e. The first-order valence-electron chi connectivity index (χ1n) is 12.6. The zero-order valence-electron chi connectivity index (χ0n) is 20.9. The minimum Gasteiger partial charge on any atom is -0.496 e. The Balaban J connectivity index is 1.72. The number of pyridine rings is 1. The van der Waals surface area contributed by atoms with Gasteiger partial charge >= 0.3 is 0 Å². The van der Waals surface area contributed by atoms with Crippen LogP contribution in [0.5, 0.6) is 5.75 Å². The average molecular weight is 443 g/mol. The van der Waals surface area contributed by atoms with E-state index in [9.17, 15) is 0 Å². The summed E-state index contributed by atoms with van der Waals surface area (Å²) in [4.78, 5) is 7.78. The summed E-state index contributed by atoms with van der Waals surface area (Å²) in [6.07, 6.45) is 5.46. The van der Waals surface area contributed by atoms with Crippen molar-refractivity contribution >= 4 is 0 Å². The number of aryl methyl sites for hydroxylation is 3. The van der Waals surface area contributed by atoms with E-state index in [1.54, 1.807) is 7.11 Å². The number of hydrogen-bond donors (Lipinski definition) is 0. The van der Waals surface area contributed by atoms with Crippen molar-refractivity contribution in [2.24, 2.45) is 0 Å². The Kier molecular flexibility index (Phi) is 7.49. The molecule has 4 rings (SSSR count). The van der Waals surface area contributed by atoms with Crippen LogP contribution in [0, 0.1) is 6.92 Å². The fraction of sp³-hybridized carbons (Fsp3) is 0.433. The molecule has 2 aromatic carbocycles. The number of nitrogens with zero attached hydrogens (tertiary/aromatic N) is 2. The summed E-state index contributed by atoms with van der Waals surface area (Å²) in [6.45, 7) is 10.8. The van der Waals surface area contributed by atoms with E-state index in [1.807, 2.05) is 0 Å². The number of fused-ring (bicyclic) bond motifs is 1. The molecule has 1 unspecified atom stereocenters. The average Bonchev–Trinajstić information content (AvgIpc) is 2.85. The van der Waals surface area contributed by atoms with Gasteiger partial charge in [0.05, 0.1) is 12.8 Å². The molecule has 0 radical (unpaired) electrons. The summed E-state index contributed by atoms with van der Waals surface area (Å²) >= 11 is 0. The summed E-state index contributed by atoms with van der Waals surface area (Å²) in [7, 11) is 1.80. The highest BCUT2D eigenvalue weighted by molar-refractivity contribution is 5.70. The second-order valence-corrected chi connectivity index (χ2v) is 9.16. The van der Waals surface area contributed by atoms with Crippen LogP contribution in [-0.2, 0) is 25.8 Å². The normalized spacial score (nSPS) is 16.0. The van der Waals surface area contributed by atoms with E-state index in [4.69, 9.17) is 9.72 Å². The zero-order chi connectivity index (χ0) is 23.4. The molecule has 3 aromatic rings. The first-order valence-corrected chi connectivity index (χ1v) is 12.6. The van der Waals surface area contributed by atoms with Gasteiger partial charge in [0.1, 0.15) is 5.75 Å². The monoisotopic (exact) mass is 442 g/mol. The van der Waals surface area contributed by atoms with Gasteiger partial charge in [-0.15, -0.1) is 0 Å². The highest BCUT2D eigenvalue weighted by atomic mass is 16.5. The second kappa shape index (κ2) is 10.5. The molecule has 33 heavy (non-hydrogen) atoms. The van der Waals surface area contributed by atoms with Crippen LogP contribution in [0.1, 0.15) is 73.2 Å². The van der Waals surface area contributed by atoms with Crippen molar-refractivity contribution < 1.29 is 4.74 Å². The van der Waals surface area contributed by atoms with Crippen molar-refractivity contribution in [2.45, 2.75) is 72.4 Å². The Labute approximate surface area is 199 Å². The molecule has 0 saturated heterocycles. The zero-order valence-corrected chi connectivity index (χ0v) is 20.9. The van der Waals surface area contributed by atoms with Crippen molar-refractivity contribution in [2.75, 3.05) is 13.7 Å². The molecule has 0 amide bonds. The summed E-state index contributed by atoms with van der Waals surface area (Å²) in [5, 5.41) is 0. The molecule has 0 spiro atoms. The Bertz CT molecular complexity index is 1080. The first-order chi connectivity index (χ1) is 16.1. The standard InChI is InChI=1S/C30H38N2O/c1-6-12-28-25-16-10-9-13-24(25)17-18-32(28)20-26-21(4)31-27(19-29(26)33-5)30-22(7-2)14-11-15-23(30)8-3/h9-11,13-16,19,28H,6-8,12,17-18,20H2,1-5H3. The van der Waals surface area contributed by atoms with Crippen LogP contribution < -0.4 is 4.74 Å². The Morgan fingerprint density at radius 2 is 1.73 bits per heavy atom. The van der Waals surface area contributed by atoms with Gasteiger partial charge in [-0.05, 0) is 54.9 Å². The van der Waals surface area contributed by atoms with Gasteiger partial charge in [0.25, 0.3) is 0 Å². The molecule has 0 fully saturated rings. The van der Waals surface area contributed by atoms with E-state index < -0.39 is 0 Å². The fourth-order valence-corrected chi connectivity index (χ4v) is 5.45. The lowest BCUT2D eigenvalue weighted by Crippen LogP contribution is -2.35. The number of hydrogen-bond acceptors (Lipinski definition) is 3. The third kappa shape index (κ3) is 4.70. The molecular formula is C30H38N2O. The van der Waals surface area contributed by atoms with Gasteiger partial charge < -0.3 is 4.74 Å². The lowest BCUT2D eigenvalue weighted by atomic mass is 9.89. The third-order valence-corrected chi connectivity index (χ3v) is 7.21. The lowest BCUT2D eigenvalue weighted by Gasteiger charge is -2.38. The van der Waals surface area contributed by atoms with Crippen LogP contribution in [-0.4, -0.2) is 23.5 Å². The van der Waals surface area contributed by atoms with E-state index >= 15 is 0 Å². The molecule has 1 atom stereocenters. The van der Waals surface area contributed by atoms with Crippen molar-refractivity contribution in [3.63, 3.8) is 0 Å². The maximum absolute atomic E-state index is 5.97. The second-order valence-electron chi connectivity index (χ2n) is 9.16. The molecule has 0 saturated carbocycles. The Morgan fingerprint density at radius 1 is 1.00 bits per heavy atom. The molecule has 0 N–H and O–H groups in total. The molecule has 0 bridgehead atoms. The number of rotatable bonds is 8. The fourth-order valence-electron chi connectivity index (χ4n) is 5.45. The van der Waals surface area contributed by atoms with Crippen molar-refractivity contribution in [1.29, 1.82) is 0 Å². The van der Waals surface area contributed by atoms with Gasteiger partial charge in [-0.1, -0.05) is 69.7 Å². The molecule has 174 valence electrons. The predicted molar refractivity (Wildman–Crippen MR) is 138 cm³/mol. The number of aromatic nitrogens is 1. The molecular weight excluding hydrogens is 404 g/mol. The molecule has 1 aromatic heterocycles. The van der Waals surface area contributed by atoms with Gasteiger partial charge in [0.15, 0.2) is 0 Å². The van der Waals surface area contributed by atoms with E-state index in [0.29, 0.717) is 6.04 Å². The molecule has 3 heteroatoms. The van der Waals surface area contributed by atoms with Gasteiger partial charge in [-0.3, -0.25) is 9.88 Å². The topological polar surface area (TPSA) is 25.4 Å². The van der Waals surface area contributed by atoms with Crippen LogP contribution in [0.25, 0.3) is 11.3 Å². The minimum atomic E-state index is 0.455. The number of methoxy groups -OCH3 is 1. The predicted octanol–water partition coefficient (Wildman–Crippen LogP) is 7.09. The van der Waals surface area contributed by atoms with Crippen LogP contribution in [0.2, 0.25) is 0 Å². The van der Waals surface area contributed by atoms with E-state index in [-0.39, 0.29) is 0 Å². The van der Waals surface area contributed by atoms with Gasteiger partial charge in [0, 0.05) is 42.0 Å². The molecule has 1 aliphatic heterocycles. The highest BCUT2D eigenvalue weighted by Crippen LogP contribution is 2.37. The van der Waals surface area contributed by atoms with Crippen molar-refractivity contribution in [3.8, 4) is 17.0 Å². The highest BCUT2D eigenvalue weighted by Gasteiger charge is 2.28. The number of ether oxygens (including phenoxy) is 1. The molecule has 3 nitrogen and oxygen atoms in total. The summed E-state index contributed by atoms with van der Waals surface area (Å²) in [5.74, 6) is 0.958. The third-order valence-electron chi connectivity index (χ3n) is 7.21. The van der Waals surface area contributed by atoms with Crippen LogP contribution in [0.4, 0.5) is 0 Å².